The topological polar surface area (TPSA) is 63.7 Å². The predicted octanol–water partition coefficient (Wildman–Crippen LogP) is 1.09. The fourth-order valence-corrected chi connectivity index (χ4v) is 2.70. The Morgan fingerprint density at radius 2 is 2.04 bits per heavy atom. The molecule has 1 fully saturated rings. The van der Waals surface area contributed by atoms with Gasteiger partial charge >= 0.3 is 0 Å². The van der Waals surface area contributed by atoms with E-state index < -0.39 is 0 Å². The van der Waals surface area contributed by atoms with E-state index in [9.17, 15) is 4.79 Å². The lowest BCUT2D eigenvalue weighted by Crippen LogP contribution is -2.48. The molecule has 0 amide bonds. The summed E-state index contributed by atoms with van der Waals surface area (Å²) in [5, 5.41) is 0. The summed E-state index contributed by atoms with van der Waals surface area (Å²) in [5.41, 5.74) is -0.0478. The van der Waals surface area contributed by atoms with Crippen molar-refractivity contribution < 1.29 is 9.15 Å². The molecule has 23 heavy (non-hydrogen) atoms. The molecule has 1 saturated heterocycles. The van der Waals surface area contributed by atoms with E-state index in [2.05, 4.69) is 9.88 Å². The first kappa shape index (κ1) is 15.6. The predicted molar refractivity (Wildman–Crippen MR) is 86.8 cm³/mol. The van der Waals surface area contributed by atoms with Gasteiger partial charge in [-0.25, -0.2) is 4.98 Å². The molecule has 0 bridgehead atoms. The molecular weight excluding hydrogens is 296 g/mol. The van der Waals surface area contributed by atoms with Gasteiger partial charge in [0, 0.05) is 51.7 Å². The van der Waals surface area contributed by atoms with Crippen LogP contribution in [-0.2, 0) is 13.6 Å². The van der Waals surface area contributed by atoms with E-state index >= 15 is 0 Å². The van der Waals surface area contributed by atoms with Gasteiger partial charge in [-0.1, -0.05) is 0 Å². The van der Waals surface area contributed by atoms with E-state index in [4.69, 9.17) is 9.15 Å². The van der Waals surface area contributed by atoms with Gasteiger partial charge in [0.25, 0.3) is 11.5 Å². The minimum atomic E-state index is -0.0478. The van der Waals surface area contributed by atoms with Gasteiger partial charge < -0.3 is 18.6 Å². The number of ether oxygens (including phenoxy) is 1. The van der Waals surface area contributed by atoms with Crippen molar-refractivity contribution in [3.8, 4) is 5.95 Å². The first-order valence-electron chi connectivity index (χ1n) is 7.88. The Morgan fingerprint density at radius 3 is 2.78 bits per heavy atom. The quantitative estimate of drug-likeness (QED) is 0.822. The Balaban J connectivity index is 1.57. The molecule has 0 unspecified atom stereocenters. The number of hydrogen-bond donors (Lipinski definition) is 0. The van der Waals surface area contributed by atoms with E-state index in [1.165, 1.54) is 0 Å². The van der Waals surface area contributed by atoms with Crippen LogP contribution in [0.3, 0.4) is 0 Å². The SMILES string of the molecule is CCOc1ccc(CN2CCN(c3nccn(C)c3=O)CC2)o1. The maximum absolute atomic E-state index is 12.1. The monoisotopic (exact) mass is 318 g/mol. The molecule has 1 aliphatic heterocycles. The highest BCUT2D eigenvalue weighted by molar-refractivity contribution is 5.36. The van der Waals surface area contributed by atoms with Gasteiger partial charge in [-0.2, -0.15) is 0 Å². The Hall–Kier alpha value is -2.28. The second-order valence-corrected chi connectivity index (χ2v) is 5.58. The fourth-order valence-electron chi connectivity index (χ4n) is 2.70. The third-order valence-electron chi connectivity index (χ3n) is 3.97. The van der Waals surface area contributed by atoms with Crippen LogP contribution >= 0.6 is 0 Å². The average molecular weight is 318 g/mol. The van der Waals surface area contributed by atoms with Crippen LogP contribution in [0.4, 0.5) is 5.82 Å². The van der Waals surface area contributed by atoms with Gasteiger partial charge in [-0.15, -0.1) is 0 Å². The molecule has 0 N–H and O–H groups in total. The number of aryl methyl sites for hydroxylation is 1. The van der Waals surface area contributed by atoms with E-state index in [1.807, 2.05) is 24.0 Å². The van der Waals surface area contributed by atoms with Gasteiger partial charge in [-0.3, -0.25) is 9.69 Å². The average Bonchev–Trinajstić information content (AvgIpc) is 2.99. The zero-order valence-electron chi connectivity index (χ0n) is 13.6. The van der Waals surface area contributed by atoms with E-state index in [0.717, 1.165) is 38.5 Å². The molecule has 0 spiro atoms. The third kappa shape index (κ3) is 3.56. The highest BCUT2D eigenvalue weighted by Gasteiger charge is 2.21. The summed E-state index contributed by atoms with van der Waals surface area (Å²) in [7, 11) is 1.75. The highest BCUT2D eigenvalue weighted by atomic mass is 16.6. The smallest absolute Gasteiger partial charge is 0.293 e. The molecule has 124 valence electrons. The van der Waals surface area contributed by atoms with Crippen LogP contribution in [0.25, 0.3) is 0 Å². The molecule has 0 aliphatic carbocycles. The van der Waals surface area contributed by atoms with E-state index in [-0.39, 0.29) is 5.56 Å². The third-order valence-corrected chi connectivity index (χ3v) is 3.97. The summed E-state index contributed by atoms with van der Waals surface area (Å²) in [5.74, 6) is 2.00. The zero-order chi connectivity index (χ0) is 16.2. The van der Waals surface area contributed by atoms with Crippen LogP contribution in [0.5, 0.6) is 5.95 Å². The van der Waals surface area contributed by atoms with Gasteiger partial charge in [0.2, 0.25) is 0 Å². The molecule has 0 saturated carbocycles. The maximum Gasteiger partial charge on any atom is 0.293 e. The number of rotatable bonds is 5. The zero-order valence-corrected chi connectivity index (χ0v) is 13.6. The highest BCUT2D eigenvalue weighted by Crippen LogP contribution is 2.18. The van der Waals surface area contributed by atoms with Crippen molar-refractivity contribution in [3.63, 3.8) is 0 Å². The van der Waals surface area contributed by atoms with Gasteiger partial charge in [0.05, 0.1) is 13.2 Å². The minimum absolute atomic E-state index is 0.0478. The Morgan fingerprint density at radius 1 is 1.26 bits per heavy atom. The van der Waals surface area contributed by atoms with Gasteiger partial charge in [-0.05, 0) is 13.0 Å². The second-order valence-electron chi connectivity index (χ2n) is 5.58. The van der Waals surface area contributed by atoms with Crippen molar-refractivity contribution in [1.82, 2.24) is 14.5 Å². The summed E-state index contributed by atoms with van der Waals surface area (Å²) in [6.45, 7) is 6.58. The van der Waals surface area contributed by atoms with Crippen molar-refractivity contribution in [2.24, 2.45) is 7.05 Å². The number of furan rings is 1. The molecule has 2 aromatic heterocycles. The molecule has 7 nitrogen and oxygen atoms in total. The summed E-state index contributed by atoms with van der Waals surface area (Å²) >= 11 is 0. The minimum Gasteiger partial charge on any atom is -0.465 e. The van der Waals surface area contributed by atoms with E-state index in [0.29, 0.717) is 18.4 Å². The number of aromatic nitrogens is 2. The lowest BCUT2D eigenvalue weighted by molar-refractivity contribution is 0.207. The Bertz CT molecular complexity index is 701. The van der Waals surface area contributed by atoms with E-state index in [1.54, 1.807) is 24.0 Å². The number of piperazine rings is 1. The van der Waals surface area contributed by atoms with Crippen molar-refractivity contribution in [3.05, 3.63) is 40.6 Å². The standard InChI is InChI=1S/C16H22N4O3/c1-3-22-14-5-4-13(23-14)12-19-8-10-20(11-9-19)15-16(21)18(2)7-6-17-15/h4-7H,3,8-12H2,1-2H3. The van der Waals surface area contributed by atoms with Crippen molar-refractivity contribution in [1.29, 1.82) is 0 Å². The van der Waals surface area contributed by atoms with Crippen molar-refractivity contribution in [2.75, 3.05) is 37.7 Å². The number of anilines is 1. The van der Waals surface area contributed by atoms with Crippen molar-refractivity contribution >= 4 is 5.82 Å². The first-order chi connectivity index (χ1) is 11.2. The van der Waals surface area contributed by atoms with Gasteiger partial charge in [0.15, 0.2) is 5.82 Å². The summed E-state index contributed by atoms with van der Waals surface area (Å²) in [4.78, 5) is 20.7. The molecule has 1 aliphatic rings. The van der Waals surface area contributed by atoms with Crippen LogP contribution in [0.15, 0.2) is 33.7 Å². The molecule has 0 atom stereocenters. The Kier molecular flexibility index (Phi) is 4.66. The number of nitrogens with zero attached hydrogens (tertiary/aromatic N) is 4. The van der Waals surface area contributed by atoms with Crippen LogP contribution < -0.4 is 15.2 Å². The van der Waals surface area contributed by atoms with Gasteiger partial charge in [0.1, 0.15) is 5.76 Å². The van der Waals surface area contributed by atoms with Crippen LogP contribution in [0.2, 0.25) is 0 Å². The molecule has 2 aromatic rings. The molecule has 3 heterocycles. The summed E-state index contributed by atoms with van der Waals surface area (Å²) in [6.07, 6.45) is 3.34. The molecule has 0 radical (unpaired) electrons. The number of hydrogen-bond acceptors (Lipinski definition) is 6. The summed E-state index contributed by atoms with van der Waals surface area (Å²) in [6, 6.07) is 3.80. The van der Waals surface area contributed by atoms with Crippen LogP contribution in [-0.4, -0.2) is 47.2 Å². The maximum atomic E-state index is 12.1. The molecule has 7 heteroatoms. The summed E-state index contributed by atoms with van der Waals surface area (Å²) < 4.78 is 12.5. The Labute approximate surface area is 135 Å². The van der Waals surface area contributed by atoms with Crippen molar-refractivity contribution in [2.45, 2.75) is 13.5 Å². The molecule has 3 rings (SSSR count). The first-order valence-corrected chi connectivity index (χ1v) is 7.88. The van der Waals surface area contributed by atoms with Crippen LogP contribution in [0, 0.1) is 0 Å². The van der Waals surface area contributed by atoms with Crippen LogP contribution in [0.1, 0.15) is 12.7 Å². The lowest BCUT2D eigenvalue weighted by Gasteiger charge is -2.34. The molecule has 0 aromatic carbocycles. The lowest BCUT2D eigenvalue weighted by atomic mass is 10.3. The molecular formula is C16H22N4O3. The largest absolute Gasteiger partial charge is 0.465 e. The fraction of sp³-hybridized carbons (Fsp3) is 0.500. The normalized spacial score (nSPS) is 15.8. The second kappa shape index (κ2) is 6.87.